The fourth-order valence-corrected chi connectivity index (χ4v) is 4.93. The first-order valence-electron chi connectivity index (χ1n) is 10.5. The lowest BCUT2D eigenvalue weighted by atomic mass is 9.72. The number of fused-ring (bicyclic) bond motifs is 5. The maximum absolute atomic E-state index is 13.9. The van der Waals surface area contributed by atoms with Gasteiger partial charge in [-0.05, 0) is 26.3 Å². The van der Waals surface area contributed by atoms with E-state index in [1.165, 1.54) is 6.08 Å². The van der Waals surface area contributed by atoms with Gasteiger partial charge in [0.05, 0.1) is 25.4 Å². The fourth-order valence-electron chi connectivity index (χ4n) is 4.93. The third-order valence-corrected chi connectivity index (χ3v) is 5.96. The van der Waals surface area contributed by atoms with Crippen molar-refractivity contribution in [1.29, 1.82) is 0 Å². The molecule has 3 aliphatic heterocycles. The van der Waals surface area contributed by atoms with E-state index in [2.05, 4.69) is 6.58 Å². The van der Waals surface area contributed by atoms with E-state index in [9.17, 15) is 14.4 Å². The summed E-state index contributed by atoms with van der Waals surface area (Å²) in [7, 11) is 0. The van der Waals surface area contributed by atoms with Crippen LogP contribution in [0.3, 0.4) is 0 Å². The second kappa shape index (κ2) is 8.28. The fraction of sp³-hybridized carbons (Fsp3) is 0.435. The maximum atomic E-state index is 13.9. The van der Waals surface area contributed by atoms with Gasteiger partial charge in [-0.2, -0.15) is 5.06 Å². The zero-order valence-electron chi connectivity index (χ0n) is 17.7. The van der Waals surface area contributed by atoms with Crippen LogP contribution in [0.15, 0.2) is 49.1 Å². The van der Waals surface area contributed by atoms with E-state index >= 15 is 0 Å². The number of hydroxylamine groups is 2. The highest BCUT2D eigenvalue weighted by Crippen LogP contribution is 2.59. The second-order valence-corrected chi connectivity index (χ2v) is 7.60. The summed E-state index contributed by atoms with van der Waals surface area (Å²) in [5.74, 6) is -2.01. The number of carbonyl (C=O) groups excluding carboxylic acids is 3. The van der Waals surface area contributed by atoms with Crippen LogP contribution < -0.4 is 4.90 Å². The summed E-state index contributed by atoms with van der Waals surface area (Å²) >= 11 is 0. The first-order chi connectivity index (χ1) is 15.0. The number of nitrogens with zero attached hydrogens (tertiary/aromatic N) is 2. The number of para-hydroxylation sites is 1. The molecule has 8 nitrogen and oxygen atoms in total. The minimum Gasteiger partial charge on any atom is -0.466 e. The molecule has 3 aliphatic rings. The van der Waals surface area contributed by atoms with E-state index in [-0.39, 0.29) is 25.2 Å². The Hall–Kier alpha value is -2.97. The predicted molar refractivity (Wildman–Crippen MR) is 112 cm³/mol. The zero-order chi connectivity index (χ0) is 22.2. The largest absolute Gasteiger partial charge is 0.466 e. The molecule has 0 aromatic heterocycles. The van der Waals surface area contributed by atoms with Gasteiger partial charge in [-0.3, -0.25) is 14.4 Å². The van der Waals surface area contributed by atoms with Gasteiger partial charge in [-0.1, -0.05) is 30.4 Å². The summed E-state index contributed by atoms with van der Waals surface area (Å²) in [5.41, 5.74) is 0.0425. The lowest BCUT2D eigenvalue weighted by Crippen LogP contribution is -2.59. The van der Waals surface area contributed by atoms with Gasteiger partial charge < -0.3 is 14.4 Å². The van der Waals surface area contributed by atoms with E-state index in [4.69, 9.17) is 14.3 Å². The molecular formula is C23H26N2O6. The quantitative estimate of drug-likeness (QED) is 0.375. The van der Waals surface area contributed by atoms with Crippen LogP contribution in [-0.4, -0.2) is 54.8 Å². The average molecular weight is 426 g/mol. The number of hydrogen-bond donors (Lipinski definition) is 0. The second-order valence-electron chi connectivity index (χ2n) is 7.60. The molecule has 0 radical (unpaired) electrons. The van der Waals surface area contributed by atoms with Crippen LogP contribution in [0.25, 0.3) is 0 Å². The Morgan fingerprint density at radius 1 is 1.26 bits per heavy atom. The highest BCUT2D eigenvalue weighted by Gasteiger charge is 2.73. The molecule has 1 unspecified atom stereocenters. The SMILES string of the molecule is C=CCN1C(=O)[C@]2(c3ccccc31)[C@@H](C(=O)OCC)[C@@H]1C[C@@H](/C=C/C(=O)OCC)N2O1. The Morgan fingerprint density at radius 3 is 2.71 bits per heavy atom. The first kappa shape index (κ1) is 21.3. The van der Waals surface area contributed by atoms with E-state index in [1.54, 1.807) is 36.0 Å². The zero-order valence-corrected chi connectivity index (χ0v) is 17.7. The van der Waals surface area contributed by atoms with Gasteiger partial charge in [0, 0.05) is 23.9 Å². The smallest absolute Gasteiger partial charge is 0.330 e. The van der Waals surface area contributed by atoms with Gasteiger partial charge in [0.2, 0.25) is 0 Å². The monoisotopic (exact) mass is 426 g/mol. The van der Waals surface area contributed by atoms with Crippen molar-refractivity contribution < 1.29 is 28.7 Å². The van der Waals surface area contributed by atoms with Crippen LogP contribution in [0.5, 0.6) is 0 Å². The molecule has 31 heavy (non-hydrogen) atoms. The van der Waals surface area contributed by atoms with E-state index < -0.39 is 29.5 Å². The molecule has 0 aliphatic carbocycles. The number of benzene rings is 1. The van der Waals surface area contributed by atoms with Crippen molar-refractivity contribution in [1.82, 2.24) is 5.06 Å². The van der Waals surface area contributed by atoms with Crippen molar-refractivity contribution in [3.8, 4) is 0 Å². The molecule has 4 rings (SSSR count). The Balaban J connectivity index is 1.81. The minimum atomic E-state index is -1.36. The molecule has 5 atom stereocenters. The standard InChI is InChI=1S/C23H26N2O6/c1-4-13-24-17-10-8-7-9-16(17)23(22(24)28)20(21(27)30-6-3)18-14-15(25(23)31-18)11-12-19(26)29-5-2/h4,7-12,15,18,20H,1,5-6,13-14H2,2-3H3/b12-11+/t15-,18+,20-,23+/m1/s1. The molecular weight excluding hydrogens is 400 g/mol. The molecule has 8 heteroatoms. The third-order valence-electron chi connectivity index (χ3n) is 5.96. The number of amides is 1. The van der Waals surface area contributed by atoms with Crippen LogP contribution in [0.2, 0.25) is 0 Å². The van der Waals surface area contributed by atoms with Crippen LogP contribution >= 0.6 is 0 Å². The van der Waals surface area contributed by atoms with E-state index in [0.717, 1.165) is 0 Å². The topological polar surface area (TPSA) is 85.4 Å². The molecule has 3 heterocycles. The van der Waals surface area contributed by atoms with Crippen LogP contribution in [0.1, 0.15) is 25.8 Å². The molecule has 2 fully saturated rings. The number of ether oxygens (including phenoxy) is 2. The van der Waals surface area contributed by atoms with Crippen molar-refractivity contribution in [2.45, 2.75) is 38.0 Å². The summed E-state index contributed by atoms with van der Waals surface area (Å²) in [6.45, 7) is 8.01. The van der Waals surface area contributed by atoms with Crippen molar-refractivity contribution >= 4 is 23.5 Å². The highest BCUT2D eigenvalue weighted by molar-refractivity contribution is 6.10. The molecule has 1 spiro atoms. The Bertz CT molecular complexity index is 944. The molecule has 0 saturated carbocycles. The molecule has 1 aromatic rings. The van der Waals surface area contributed by atoms with Crippen molar-refractivity contribution in [3.05, 3.63) is 54.6 Å². The maximum Gasteiger partial charge on any atom is 0.330 e. The highest BCUT2D eigenvalue weighted by atomic mass is 16.7. The first-order valence-corrected chi connectivity index (χ1v) is 10.5. The van der Waals surface area contributed by atoms with Crippen LogP contribution in [0.4, 0.5) is 5.69 Å². The van der Waals surface area contributed by atoms with Gasteiger partial charge >= 0.3 is 11.9 Å². The van der Waals surface area contributed by atoms with Gasteiger partial charge in [0.25, 0.3) is 5.91 Å². The number of piperidine rings is 1. The van der Waals surface area contributed by atoms with E-state index in [1.807, 2.05) is 24.3 Å². The van der Waals surface area contributed by atoms with Crippen LogP contribution in [0, 0.1) is 5.92 Å². The lowest BCUT2D eigenvalue weighted by molar-refractivity contribution is -0.175. The Labute approximate surface area is 181 Å². The number of rotatable bonds is 7. The Kier molecular flexibility index (Phi) is 5.68. The summed E-state index contributed by atoms with van der Waals surface area (Å²) in [4.78, 5) is 46.5. The van der Waals surface area contributed by atoms with Crippen molar-refractivity contribution in [2.75, 3.05) is 24.7 Å². The van der Waals surface area contributed by atoms with Crippen molar-refractivity contribution in [3.63, 3.8) is 0 Å². The number of carbonyl (C=O) groups is 3. The van der Waals surface area contributed by atoms with Gasteiger partial charge in [0.1, 0.15) is 5.92 Å². The summed E-state index contributed by atoms with van der Waals surface area (Å²) < 4.78 is 10.3. The number of anilines is 1. The molecule has 2 bridgehead atoms. The number of hydrogen-bond acceptors (Lipinski definition) is 7. The summed E-state index contributed by atoms with van der Waals surface area (Å²) in [6, 6.07) is 7.01. The van der Waals surface area contributed by atoms with E-state index in [0.29, 0.717) is 24.2 Å². The molecule has 2 saturated heterocycles. The molecule has 164 valence electrons. The Morgan fingerprint density at radius 2 is 2.00 bits per heavy atom. The minimum absolute atomic E-state index is 0.205. The summed E-state index contributed by atoms with van der Waals surface area (Å²) in [6.07, 6.45) is 4.58. The number of esters is 2. The van der Waals surface area contributed by atoms with Crippen LogP contribution in [-0.2, 0) is 34.2 Å². The summed E-state index contributed by atoms with van der Waals surface area (Å²) in [5, 5.41) is 1.58. The lowest BCUT2D eigenvalue weighted by Gasteiger charge is -2.40. The van der Waals surface area contributed by atoms with Crippen molar-refractivity contribution in [2.24, 2.45) is 5.92 Å². The van der Waals surface area contributed by atoms with Gasteiger partial charge in [-0.25, -0.2) is 4.79 Å². The predicted octanol–water partition coefficient (Wildman–Crippen LogP) is 2.10. The van der Waals surface area contributed by atoms with Gasteiger partial charge in [0.15, 0.2) is 5.54 Å². The molecule has 1 aromatic carbocycles. The molecule has 1 amide bonds. The average Bonchev–Trinajstić information content (AvgIpc) is 3.39. The normalized spacial score (nSPS) is 30.8. The molecule has 0 N–H and O–H groups in total. The van der Waals surface area contributed by atoms with Gasteiger partial charge in [-0.15, -0.1) is 6.58 Å². The third kappa shape index (κ3) is 3.09.